The molecule has 1 heterocycles. The molecule has 0 bridgehead atoms. The predicted octanol–water partition coefficient (Wildman–Crippen LogP) is 4.82. The van der Waals surface area contributed by atoms with Gasteiger partial charge < -0.3 is 15.1 Å². The van der Waals surface area contributed by atoms with Crippen molar-refractivity contribution in [2.45, 2.75) is 17.1 Å². The van der Waals surface area contributed by atoms with Gasteiger partial charge in [-0.15, -0.1) is 11.3 Å². The summed E-state index contributed by atoms with van der Waals surface area (Å²) in [4.78, 5) is 22.4. The van der Waals surface area contributed by atoms with Gasteiger partial charge in [-0.25, -0.2) is 13.4 Å². The Bertz CT molecular complexity index is 1260. The van der Waals surface area contributed by atoms with Crippen LogP contribution in [0.2, 0.25) is 0 Å². The van der Waals surface area contributed by atoms with Gasteiger partial charge in [0.15, 0.2) is 15.0 Å². The van der Waals surface area contributed by atoms with Crippen LogP contribution in [0.3, 0.4) is 0 Å². The number of hydrogen-bond donors (Lipinski definition) is 3. The quantitative estimate of drug-likeness (QED) is 0.360. The fourth-order valence-corrected chi connectivity index (χ4v) is 5.29. The van der Waals surface area contributed by atoms with Crippen molar-refractivity contribution in [3.63, 3.8) is 0 Å². The molecule has 3 rings (SSSR count). The largest absolute Gasteiger partial charge is 0.399 e. The van der Waals surface area contributed by atoms with Crippen molar-refractivity contribution in [1.29, 1.82) is 0 Å². The van der Waals surface area contributed by atoms with Crippen LogP contribution in [0, 0.1) is 0 Å². The van der Waals surface area contributed by atoms with Gasteiger partial charge in [-0.05, 0) is 23.8 Å². The van der Waals surface area contributed by atoms with Gasteiger partial charge >= 0.3 is 13.3 Å². The van der Waals surface area contributed by atoms with E-state index in [1.807, 2.05) is 0 Å². The van der Waals surface area contributed by atoms with E-state index in [1.165, 1.54) is 35.6 Å². The number of aromatic nitrogens is 1. The zero-order valence-corrected chi connectivity index (χ0v) is 19.9. The molecule has 0 amide bonds. The standard InChI is InChI=1S/C18H16BrF2N2O5PS2/c1-31(27,28)13-5-3-12(4-6-13)16-10-30-17(23-16)22-9-11-2-7-14(15(19)8-11)18(20,21)29(24,25)26/h2-8,10H,9H2,1H3,(H,22,23)(H2,24,25,26). The Kier molecular flexibility index (Phi) is 6.71. The Hall–Kier alpha value is -1.69. The smallest absolute Gasteiger partial charge is 0.357 e. The van der Waals surface area contributed by atoms with Crippen LogP contribution >= 0.6 is 34.9 Å². The molecule has 0 saturated carbocycles. The molecule has 166 valence electrons. The van der Waals surface area contributed by atoms with Crippen molar-refractivity contribution in [3.05, 3.63) is 63.4 Å². The topological polar surface area (TPSA) is 117 Å². The Labute approximate surface area is 189 Å². The zero-order valence-electron chi connectivity index (χ0n) is 15.8. The highest BCUT2D eigenvalue weighted by Crippen LogP contribution is 2.60. The average molecular weight is 553 g/mol. The van der Waals surface area contributed by atoms with E-state index in [9.17, 15) is 21.8 Å². The Morgan fingerprint density at radius 2 is 1.84 bits per heavy atom. The molecule has 3 aromatic rings. The van der Waals surface area contributed by atoms with E-state index in [0.29, 0.717) is 16.4 Å². The van der Waals surface area contributed by atoms with Crippen LogP contribution in [0.25, 0.3) is 11.3 Å². The lowest BCUT2D eigenvalue weighted by atomic mass is 10.1. The summed E-state index contributed by atoms with van der Waals surface area (Å²) in [5.74, 6) is 0. The number of anilines is 1. The van der Waals surface area contributed by atoms with E-state index in [-0.39, 0.29) is 15.9 Å². The summed E-state index contributed by atoms with van der Waals surface area (Å²) in [6.45, 7) is 0.236. The Balaban J connectivity index is 1.71. The number of rotatable bonds is 7. The average Bonchev–Trinajstić information content (AvgIpc) is 3.14. The highest BCUT2D eigenvalue weighted by atomic mass is 79.9. The summed E-state index contributed by atoms with van der Waals surface area (Å²) in [6, 6.07) is 9.99. The number of hydrogen-bond acceptors (Lipinski definition) is 6. The van der Waals surface area contributed by atoms with Crippen molar-refractivity contribution >= 4 is 49.8 Å². The van der Waals surface area contributed by atoms with Gasteiger partial charge in [-0.2, -0.15) is 8.78 Å². The lowest BCUT2D eigenvalue weighted by molar-refractivity contribution is 0.0557. The molecule has 0 saturated heterocycles. The number of sulfone groups is 1. The first kappa shape index (κ1) is 24.0. The second-order valence-electron chi connectivity index (χ2n) is 6.59. The van der Waals surface area contributed by atoms with E-state index in [0.717, 1.165) is 17.9 Å². The van der Waals surface area contributed by atoms with Crippen LogP contribution in [0.1, 0.15) is 11.1 Å². The third-order valence-corrected chi connectivity index (χ3v) is 7.81. The van der Waals surface area contributed by atoms with Crippen molar-refractivity contribution in [3.8, 4) is 11.3 Å². The summed E-state index contributed by atoms with van der Waals surface area (Å²) in [6.07, 6.45) is 1.13. The second-order valence-corrected chi connectivity index (χ2v) is 12.0. The molecule has 0 spiro atoms. The molecule has 0 unspecified atom stereocenters. The highest BCUT2D eigenvalue weighted by molar-refractivity contribution is 9.10. The number of nitrogens with zero attached hydrogens (tertiary/aromatic N) is 1. The molecule has 31 heavy (non-hydrogen) atoms. The number of benzene rings is 2. The summed E-state index contributed by atoms with van der Waals surface area (Å²) in [7, 11) is -8.94. The summed E-state index contributed by atoms with van der Waals surface area (Å²) in [5, 5.41) is 5.40. The van der Waals surface area contributed by atoms with Gasteiger partial charge in [0.2, 0.25) is 0 Å². The molecule has 0 aliphatic carbocycles. The van der Waals surface area contributed by atoms with Gasteiger partial charge in [0.05, 0.1) is 10.6 Å². The van der Waals surface area contributed by atoms with E-state index >= 15 is 0 Å². The molecule has 7 nitrogen and oxygen atoms in total. The molecular formula is C18H16BrF2N2O5PS2. The molecule has 2 aromatic carbocycles. The van der Waals surface area contributed by atoms with Crippen molar-refractivity contribution in [2.24, 2.45) is 0 Å². The minimum atomic E-state index is -5.66. The van der Waals surface area contributed by atoms with E-state index in [2.05, 4.69) is 26.2 Å². The predicted molar refractivity (Wildman–Crippen MR) is 118 cm³/mol. The molecule has 0 aliphatic rings. The van der Waals surface area contributed by atoms with E-state index in [4.69, 9.17) is 9.79 Å². The number of thiazole rings is 1. The lowest BCUT2D eigenvalue weighted by Crippen LogP contribution is -2.14. The monoisotopic (exact) mass is 552 g/mol. The minimum Gasteiger partial charge on any atom is -0.357 e. The van der Waals surface area contributed by atoms with E-state index < -0.39 is 28.7 Å². The zero-order chi connectivity index (χ0) is 23.0. The van der Waals surface area contributed by atoms with Gasteiger partial charge in [0.1, 0.15) is 0 Å². The maximum atomic E-state index is 13.9. The van der Waals surface area contributed by atoms with Gasteiger partial charge in [0, 0.05) is 33.8 Å². The number of alkyl halides is 2. The first-order chi connectivity index (χ1) is 14.3. The van der Waals surface area contributed by atoms with Crippen molar-refractivity contribution < 1.29 is 31.6 Å². The molecule has 0 fully saturated rings. The molecule has 1 aromatic heterocycles. The van der Waals surface area contributed by atoms with Gasteiger partial charge in [0.25, 0.3) is 0 Å². The Morgan fingerprint density at radius 3 is 2.39 bits per heavy atom. The van der Waals surface area contributed by atoms with E-state index in [1.54, 1.807) is 17.5 Å². The summed E-state index contributed by atoms with van der Waals surface area (Å²) >= 11 is 4.26. The third kappa shape index (κ3) is 5.39. The molecule has 3 N–H and O–H groups in total. The summed E-state index contributed by atoms with van der Waals surface area (Å²) < 4.78 is 61.9. The lowest BCUT2D eigenvalue weighted by Gasteiger charge is -2.19. The molecular weight excluding hydrogens is 537 g/mol. The SMILES string of the molecule is CS(=O)(=O)c1ccc(-c2csc(NCc3ccc(C(F)(F)P(=O)(O)O)c(Br)c3)n2)cc1. The van der Waals surface area contributed by atoms with Crippen LogP contribution in [0.15, 0.2) is 57.2 Å². The number of nitrogens with one attached hydrogen (secondary N) is 1. The third-order valence-electron chi connectivity index (χ3n) is 4.25. The van der Waals surface area contributed by atoms with Gasteiger partial charge in [-0.1, -0.05) is 40.2 Å². The van der Waals surface area contributed by atoms with Crippen LogP contribution in [-0.4, -0.2) is 29.4 Å². The summed E-state index contributed by atoms with van der Waals surface area (Å²) in [5.41, 5.74) is -3.12. The maximum absolute atomic E-state index is 13.9. The van der Waals surface area contributed by atoms with Crippen LogP contribution in [-0.2, 0) is 26.6 Å². The van der Waals surface area contributed by atoms with Crippen molar-refractivity contribution in [2.75, 3.05) is 11.6 Å². The first-order valence-electron chi connectivity index (χ1n) is 8.51. The highest BCUT2D eigenvalue weighted by Gasteiger charge is 2.51. The molecule has 0 aliphatic heterocycles. The van der Waals surface area contributed by atoms with Crippen molar-refractivity contribution in [1.82, 2.24) is 4.98 Å². The number of halogens is 3. The van der Waals surface area contributed by atoms with Gasteiger partial charge in [-0.3, -0.25) is 4.57 Å². The molecule has 13 heteroatoms. The fourth-order valence-electron chi connectivity index (χ4n) is 2.61. The molecule has 0 radical (unpaired) electrons. The second kappa shape index (κ2) is 8.68. The first-order valence-corrected chi connectivity index (χ1v) is 13.7. The van der Waals surface area contributed by atoms with Crippen LogP contribution in [0.4, 0.5) is 13.9 Å². The normalized spacial score (nSPS) is 12.7. The van der Waals surface area contributed by atoms with Crippen LogP contribution in [0.5, 0.6) is 0 Å². The fraction of sp³-hybridized carbons (Fsp3) is 0.167. The Morgan fingerprint density at radius 1 is 1.19 bits per heavy atom. The minimum absolute atomic E-state index is 0.120. The maximum Gasteiger partial charge on any atom is 0.399 e. The molecule has 0 atom stereocenters. The van der Waals surface area contributed by atoms with Crippen LogP contribution < -0.4 is 5.32 Å².